The van der Waals surface area contributed by atoms with Crippen LogP contribution in [0.1, 0.15) is 37.0 Å². The number of hydrogen-bond donors (Lipinski definition) is 2. The maximum Gasteiger partial charge on any atom is 0.253 e. The van der Waals surface area contributed by atoms with Gasteiger partial charge in [-0.3, -0.25) is 19.9 Å². The van der Waals surface area contributed by atoms with Gasteiger partial charge in [-0.05, 0) is 24.6 Å². The van der Waals surface area contributed by atoms with Gasteiger partial charge in [-0.1, -0.05) is 19.0 Å². The molecule has 0 spiro atoms. The van der Waals surface area contributed by atoms with Gasteiger partial charge < -0.3 is 10.5 Å². The zero-order chi connectivity index (χ0) is 17.2. The molecule has 0 aliphatic heterocycles. The Morgan fingerprint density at radius 2 is 2.30 bits per heavy atom. The predicted molar refractivity (Wildman–Crippen MR) is 85.2 cm³/mol. The minimum Gasteiger partial charge on any atom is -0.411 e. The molecule has 0 fully saturated rings. The quantitative estimate of drug-likeness (QED) is 0.329. The molecule has 1 unspecified atom stereocenters. The van der Waals surface area contributed by atoms with Crippen LogP contribution in [0.4, 0.5) is 0 Å². The van der Waals surface area contributed by atoms with E-state index in [2.05, 4.69) is 15.5 Å². The summed E-state index contributed by atoms with van der Waals surface area (Å²) in [7, 11) is 0. The lowest BCUT2D eigenvalue weighted by atomic mass is 10.0. The first-order valence-corrected chi connectivity index (χ1v) is 7.26. The molecular weight excluding hydrogens is 300 g/mol. The molecule has 0 saturated carbocycles. The van der Waals surface area contributed by atoms with Crippen molar-refractivity contribution >= 4 is 11.6 Å². The molecule has 2 N–H and O–H groups in total. The van der Waals surface area contributed by atoms with Crippen molar-refractivity contribution in [3.05, 3.63) is 51.9 Å². The molecule has 8 nitrogen and oxygen atoms in total. The van der Waals surface area contributed by atoms with Gasteiger partial charge in [0.1, 0.15) is 0 Å². The topological polar surface area (TPSA) is 118 Å². The zero-order valence-electron chi connectivity index (χ0n) is 13.1. The first kappa shape index (κ1) is 18.3. The van der Waals surface area contributed by atoms with E-state index in [9.17, 15) is 14.9 Å². The number of carbonyl (C=O) groups excluding carboxylic acids is 1. The van der Waals surface area contributed by atoms with Crippen molar-refractivity contribution in [2.75, 3.05) is 6.54 Å². The van der Waals surface area contributed by atoms with Crippen LogP contribution in [-0.2, 0) is 0 Å². The monoisotopic (exact) mass is 320 g/mol. The van der Waals surface area contributed by atoms with Crippen molar-refractivity contribution in [1.29, 1.82) is 0 Å². The highest BCUT2D eigenvalue weighted by Crippen LogP contribution is 2.14. The van der Waals surface area contributed by atoms with E-state index in [1.807, 2.05) is 0 Å². The van der Waals surface area contributed by atoms with Crippen LogP contribution in [0.25, 0.3) is 0 Å². The molecule has 23 heavy (non-hydrogen) atoms. The molecule has 1 heterocycles. The summed E-state index contributed by atoms with van der Waals surface area (Å²) in [6.45, 7) is 3.47. The minimum atomic E-state index is -0.828. The summed E-state index contributed by atoms with van der Waals surface area (Å²) < 4.78 is 0. The lowest BCUT2D eigenvalue weighted by Crippen LogP contribution is -2.30. The summed E-state index contributed by atoms with van der Waals surface area (Å²) >= 11 is 0. The Bertz CT molecular complexity index is 599. The molecule has 1 atom stereocenters. The van der Waals surface area contributed by atoms with Crippen LogP contribution in [0.2, 0.25) is 0 Å². The van der Waals surface area contributed by atoms with Crippen molar-refractivity contribution < 1.29 is 14.9 Å². The molecule has 0 aromatic carbocycles. The third-order valence-electron chi connectivity index (χ3n) is 3.31. The predicted octanol–water partition coefficient (Wildman–Crippen LogP) is 2.03. The second-order valence-electron chi connectivity index (χ2n) is 4.80. The van der Waals surface area contributed by atoms with Crippen molar-refractivity contribution in [2.45, 2.75) is 32.7 Å². The minimum absolute atomic E-state index is 0.0398. The fourth-order valence-electron chi connectivity index (χ4n) is 2.08. The van der Waals surface area contributed by atoms with Crippen molar-refractivity contribution in [3.63, 3.8) is 0 Å². The fourth-order valence-corrected chi connectivity index (χ4v) is 2.08. The van der Waals surface area contributed by atoms with E-state index in [4.69, 9.17) is 5.21 Å². The van der Waals surface area contributed by atoms with Crippen LogP contribution in [0.5, 0.6) is 0 Å². The molecule has 1 amide bonds. The van der Waals surface area contributed by atoms with Crippen molar-refractivity contribution in [1.82, 2.24) is 10.3 Å². The molecule has 0 bridgehead atoms. The number of oxime groups is 1. The molecule has 0 aliphatic rings. The Labute approximate surface area is 134 Å². The van der Waals surface area contributed by atoms with Gasteiger partial charge in [-0.15, -0.1) is 0 Å². The summed E-state index contributed by atoms with van der Waals surface area (Å²) in [5.74, 6) is -0.369. The van der Waals surface area contributed by atoms with Gasteiger partial charge in [0.15, 0.2) is 0 Å². The van der Waals surface area contributed by atoms with Gasteiger partial charge in [-0.2, -0.15) is 0 Å². The molecule has 1 aromatic rings. The summed E-state index contributed by atoms with van der Waals surface area (Å²) in [6.07, 6.45) is 5.22. The highest BCUT2D eigenvalue weighted by molar-refractivity contribution is 6.01. The van der Waals surface area contributed by atoms with Gasteiger partial charge in [0, 0.05) is 29.3 Å². The zero-order valence-corrected chi connectivity index (χ0v) is 13.1. The number of hydrogen-bond acceptors (Lipinski definition) is 6. The molecule has 8 heteroatoms. The number of nitrogens with zero attached hydrogens (tertiary/aromatic N) is 3. The average molecular weight is 320 g/mol. The third kappa shape index (κ3) is 5.50. The normalized spacial score (nSPS) is 13.5. The van der Waals surface area contributed by atoms with Crippen LogP contribution in [0.3, 0.4) is 0 Å². The van der Waals surface area contributed by atoms with Crippen molar-refractivity contribution in [2.24, 2.45) is 5.16 Å². The molecule has 1 rings (SSSR count). The maximum absolute atomic E-state index is 11.9. The van der Waals surface area contributed by atoms with Gasteiger partial charge in [-0.25, -0.2) is 0 Å². The van der Waals surface area contributed by atoms with Gasteiger partial charge >= 0.3 is 0 Å². The SMILES string of the molecule is CCC(=CC(CNC(=O)c1cccnc1)=NO)C(CC)[N+](=O)[O-]. The lowest BCUT2D eigenvalue weighted by Gasteiger charge is -2.11. The number of aromatic nitrogens is 1. The van der Waals surface area contributed by atoms with Crippen LogP contribution in [0.15, 0.2) is 41.3 Å². The molecule has 1 aromatic heterocycles. The fraction of sp³-hybridized carbons (Fsp3) is 0.400. The van der Waals surface area contributed by atoms with E-state index < -0.39 is 6.04 Å². The number of nitro groups is 1. The van der Waals surface area contributed by atoms with E-state index >= 15 is 0 Å². The van der Waals surface area contributed by atoms with Gasteiger partial charge in [0.05, 0.1) is 17.8 Å². The average Bonchev–Trinajstić information content (AvgIpc) is 2.57. The highest BCUT2D eigenvalue weighted by atomic mass is 16.6. The van der Waals surface area contributed by atoms with Gasteiger partial charge in [0.2, 0.25) is 6.04 Å². The van der Waals surface area contributed by atoms with E-state index in [-0.39, 0.29) is 23.1 Å². The van der Waals surface area contributed by atoms with Crippen molar-refractivity contribution in [3.8, 4) is 0 Å². The third-order valence-corrected chi connectivity index (χ3v) is 3.31. The summed E-state index contributed by atoms with van der Waals surface area (Å²) in [6, 6.07) is 2.41. The number of carbonyl (C=O) groups is 1. The largest absolute Gasteiger partial charge is 0.411 e. The van der Waals surface area contributed by atoms with E-state index in [1.165, 1.54) is 12.3 Å². The molecule has 0 saturated heterocycles. The molecule has 124 valence electrons. The molecular formula is C15H20N4O4. The van der Waals surface area contributed by atoms with E-state index in [0.717, 1.165) is 0 Å². The Hall–Kier alpha value is -2.77. The maximum atomic E-state index is 11.9. The number of rotatable bonds is 8. The summed E-state index contributed by atoms with van der Waals surface area (Å²) in [5, 5.41) is 25.8. The second-order valence-corrected chi connectivity index (χ2v) is 4.80. The lowest BCUT2D eigenvalue weighted by molar-refractivity contribution is -0.512. The highest BCUT2D eigenvalue weighted by Gasteiger charge is 2.22. The van der Waals surface area contributed by atoms with Crippen LogP contribution >= 0.6 is 0 Å². The number of amides is 1. The first-order chi connectivity index (χ1) is 11.0. The van der Waals surface area contributed by atoms with E-state index in [1.54, 1.807) is 32.2 Å². The summed E-state index contributed by atoms with van der Waals surface area (Å²) in [5.41, 5.74) is 1.07. The number of pyridine rings is 1. The Kier molecular flexibility index (Phi) is 7.38. The first-order valence-electron chi connectivity index (χ1n) is 7.26. The Morgan fingerprint density at radius 1 is 1.57 bits per heavy atom. The second kappa shape index (κ2) is 9.29. The summed E-state index contributed by atoms with van der Waals surface area (Å²) in [4.78, 5) is 26.4. The Balaban J connectivity index is 2.78. The molecule has 0 aliphatic carbocycles. The van der Waals surface area contributed by atoms with E-state index in [0.29, 0.717) is 24.0 Å². The molecule has 0 radical (unpaired) electrons. The smallest absolute Gasteiger partial charge is 0.253 e. The van der Waals surface area contributed by atoms with Gasteiger partial charge in [0.25, 0.3) is 5.91 Å². The number of nitrogens with one attached hydrogen (secondary N) is 1. The van der Waals surface area contributed by atoms with Crippen LogP contribution < -0.4 is 5.32 Å². The standard InChI is InChI=1S/C15H20N4O4/c1-3-11(14(4-2)19(22)23)8-13(18-21)10-17-15(20)12-6-5-7-16-9-12/h5-9,14,21H,3-4,10H2,1-2H3,(H,17,20). The van der Waals surface area contributed by atoms with Crippen LogP contribution in [-0.4, -0.2) is 39.3 Å². The Morgan fingerprint density at radius 3 is 2.78 bits per heavy atom. The van der Waals surface area contributed by atoms with Crippen LogP contribution in [0, 0.1) is 10.1 Å².